The van der Waals surface area contributed by atoms with Crippen LogP contribution in [0.25, 0.3) is 0 Å². The molecule has 0 aliphatic rings. The number of hydrogen-bond donors (Lipinski definition) is 1. The predicted octanol–water partition coefficient (Wildman–Crippen LogP) is 3.00. The standard InChI is InChI=1S/C12H16F3NO/c1-9(16-7-8-17-2)10-3-5-11(6-4-10)12(13,14)15/h3-6,9,16H,7-8H2,1-2H3. The second-order valence-electron chi connectivity index (χ2n) is 3.79. The molecule has 1 aromatic carbocycles. The van der Waals surface area contributed by atoms with Gasteiger partial charge in [-0.2, -0.15) is 13.2 Å². The topological polar surface area (TPSA) is 21.3 Å². The summed E-state index contributed by atoms with van der Waals surface area (Å²) < 4.78 is 41.9. The Morgan fingerprint density at radius 3 is 2.29 bits per heavy atom. The van der Waals surface area contributed by atoms with Gasteiger partial charge in [0.05, 0.1) is 12.2 Å². The van der Waals surface area contributed by atoms with E-state index >= 15 is 0 Å². The highest BCUT2D eigenvalue weighted by molar-refractivity contribution is 5.26. The Bertz CT molecular complexity index is 335. The van der Waals surface area contributed by atoms with Gasteiger partial charge in [0.15, 0.2) is 0 Å². The Hall–Kier alpha value is -1.07. The molecule has 96 valence electrons. The van der Waals surface area contributed by atoms with E-state index in [1.54, 1.807) is 7.11 Å². The molecule has 0 bridgehead atoms. The SMILES string of the molecule is COCCNC(C)c1ccc(C(F)(F)F)cc1. The lowest BCUT2D eigenvalue weighted by Crippen LogP contribution is -2.22. The molecule has 0 radical (unpaired) electrons. The van der Waals surface area contributed by atoms with Crippen molar-refractivity contribution >= 4 is 0 Å². The van der Waals surface area contributed by atoms with Gasteiger partial charge in [-0.05, 0) is 24.6 Å². The molecule has 0 fully saturated rings. The van der Waals surface area contributed by atoms with Crippen LogP contribution in [0.5, 0.6) is 0 Å². The maximum Gasteiger partial charge on any atom is 0.416 e. The Morgan fingerprint density at radius 1 is 1.24 bits per heavy atom. The minimum Gasteiger partial charge on any atom is -0.383 e. The highest BCUT2D eigenvalue weighted by atomic mass is 19.4. The van der Waals surface area contributed by atoms with Gasteiger partial charge in [-0.15, -0.1) is 0 Å². The first-order valence-electron chi connectivity index (χ1n) is 5.34. The average Bonchev–Trinajstić information content (AvgIpc) is 2.28. The van der Waals surface area contributed by atoms with E-state index in [0.29, 0.717) is 13.2 Å². The molecule has 1 N–H and O–H groups in total. The van der Waals surface area contributed by atoms with Gasteiger partial charge < -0.3 is 10.1 Å². The van der Waals surface area contributed by atoms with E-state index in [-0.39, 0.29) is 6.04 Å². The average molecular weight is 247 g/mol. The first kappa shape index (κ1) is 14.0. The van der Waals surface area contributed by atoms with Crippen molar-refractivity contribution < 1.29 is 17.9 Å². The van der Waals surface area contributed by atoms with Gasteiger partial charge in [-0.1, -0.05) is 12.1 Å². The number of ether oxygens (including phenoxy) is 1. The lowest BCUT2D eigenvalue weighted by molar-refractivity contribution is -0.137. The fraction of sp³-hybridized carbons (Fsp3) is 0.500. The summed E-state index contributed by atoms with van der Waals surface area (Å²) in [7, 11) is 1.60. The van der Waals surface area contributed by atoms with E-state index < -0.39 is 11.7 Å². The van der Waals surface area contributed by atoms with Crippen molar-refractivity contribution in [2.24, 2.45) is 0 Å². The minimum absolute atomic E-state index is 0.00688. The number of alkyl halides is 3. The third kappa shape index (κ3) is 4.36. The first-order chi connectivity index (χ1) is 7.95. The summed E-state index contributed by atoms with van der Waals surface area (Å²) in [6, 6.07) is 5.20. The zero-order chi connectivity index (χ0) is 12.9. The van der Waals surface area contributed by atoms with Gasteiger partial charge in [0, 0.05) is 19.7 Å². The molecule has 1 aromatic rings. The molecule has 17 heavy (non-hydrogen) atoms. The molecule has 5 heteroatoms. The molecular formula is C12H16F3NO. The third-order valence-electron chi connectivity index (χ3n) is 2.49. The zero-order valence-corrected chi connectivity index (χ0v) is 9.84. The molecule has 0 aromatic heterocycles. The van der Waals surface area contributed by atoms with E-state index in [1.807, 2.05) is 6.92 Å². The van der Waals surface area contributed by atoms with E-state index in [9.17, 15) is 13.2 Å². The van der Waals surface area contributed by atoms with Crippen LogP contribution in [0, 0.1) is 0 Å². The molecule has 2 nitrogen and oxygen atoms in total. The lowest BCUT2D eigenvalue weighted by Gasteiger charge is -2.15. The van der Waals surface area contributed by atoms with E-state index in [1.165, 1.54) is 12.1 Å². The van der Waals surface area contributed by atoms with Crippen molar-refractivity contribution in [2.45, 2.75) is 19.1 Å². The molecule has 0 heterocycles. The molecule has 0 saturated heterocycles. The van der Waals surface area contributed by atoms with E-state index in [0.717, 1.165) is 17.7 Å². The molecule has 1 unspecified atom stereocenters. The van der Waals surface area contributed by atoms with E-state index in [2.05, 4.69) is 5.32 Å². The minimum atomic E-state index is -4.27. The Kier molecular flexibility index (Phi) is 4.96. The quantitative estimate of drug-likeness (QED) is 0.808. The first-order valence-corrected chi connectivity index (χ1v) is 5.34. The maximum absolute atomic E-state index is 12.3. The highest BCUT2D eigenvalue weighted by Gasteiger charge is 2.30. The Labute approximate surface area is 98.8 Å². The van der Waals surface area contributed by atoms with Crippen LogP contribution in [0.2, 0.25) is 0 Å². The number of rotatable bonds is 5. The predicted molar refractivity (Wildman–Crippen MR) is 59.7 cm³/mol. The van der Waals surface area contributed by atoms with Crippen molar-refractivity contribution in [1.82, 2.24) is 5.32 Å². The Balaban J connectivity index is 2.61. The summed E-state index contributed by atoms with van der Waals surface area (Å²) in [5.41, 5.74) is 0.208. The van der Waals surface area contributed by atoms with Crippen LogP contribution in [-0.2, 0) is 10.9 Å². The number of benzene rings is 1. The fourth-order valence-corrected chi connectivity index (χ4v) is 1.46. The van der Waals surface area contributed by atoms with Gasteiger partial charge in [0.2, 0.25) is 0 Å². The van der Waals surface area contributed by atoms with Crippen molar-refractivity contribution in [1.29, 1.82) is 0 Å². The normalized spacial score (nSPS) is 13.7. The van der Waals surface area contributed by atoms with Gasteiger partial charge in [0.25, 0.3) is 0 Å². The number of hydrogen-bond acceptors (Lipinski definition) is 2. The molecule has 1 atom stereocenters. The Morgan fingerprint density at radius 2 is 1.82 bits per heavy atom. The molecule has 0 spiro atoms. The largest absolute Gasteiger partial charge is 0.416 e. The second-order valence-corrected chi connectivity index (χ2v) is 3.79. The van der Waals surface area contributed by atoms with E-state index in [4.69, 9.17) is 4.74 Å². The maximum atomic E-state index is 12.3. The van der Waals surface area contributed by atoms with Crippen LogP contribution in [-0.4, -0.2) is 20.3 Å². The second kappa shape index (κ2) is 6.02. The number of nitrogens with one attached hydrogen (secondary N) is 1. The van der Waals surface area contributed by atoms with Crippen molar-refractivity contribution in [2.75, 3.05) is 20.3 Å². The fourth-order valence-electron chi connectivity index (χ4n) is 1.46. The summed E-state index contributed by atoms with van der Waals surface area (Å²) in [6.45, 7) is 3.14. The van der Waals surface area contributed by atoms with Crippen LogP contribution in [0.15, 0.2) is 24.3 Å². The van der Waals surface area contributed by atoms with Crippen molar-refractivity contribution in [3.05, 3.63) is 35.4 Å². The molecule has 0 aliphatic heterocycles. The lowest BCUT2D eigenvalue weighted by atomic mass is 10.1. The molecule has 0 amide bonds. The van der Waals surface area contributed by atoms with Crippen LogP contribution in [0.1, 0.15) is 24.1 Å². The van der Waals surface area contributed by atoms with Gasteiger partial charge in [-0.3, -0.25) is 0 Å². The van der Waals surface area contributed by atoms with Gasteiger partial charge in [-0.25, -0.2) is 0 Å². The zero-order valence-electron chi connectivity index (χ0n) is 9.84. The van der Waals surface area contributed by atoms with Crippen LogP contribution < -0.4 is 5.32 Å². The molecule has 0 aliphatic carbocycles. The smallest absolute Gasteiger partial charge is 0.383 e. The van der Waals surface area contributed by atoms with Gasteiger partial charge in [0.1, 0.15) is 0 Å². The molecule has 0 saturated carbocycles. The van der Waals surface area contributed by atoms with Crippen LogP contribution in [0.4, 0.5) is 13.2 Å². The molecular weight excluding hydrogens is 231 g/mol. The van der Waals surface area contributed by atoms with Crippen molar-refractivity contribution in [3.63, 3.8) is 0 Å². The monoisotopic (exact) mass is 247 g/mol. The summed E-state index contributed by atoms with van der Waals surface area (Å²) in [6.07, 6.45) is -4.27. The van der Waals surface area contributed by atoms with Crippen molar-refractivity contribution in [3.8, 4) is 0 Å². The summed E-state index contributed by atoms with van der Waals surface area (Å²) >= 11 is 0. The summed E-state index contributed by atoms with van der Waals surface area (Å²) in [5.74, 6) is 0. The molecule has 1 rings (SSSR count). The number of methoxy groups -OCH3 is 1. The highest BCUT2D eigenvalue weighted by Crippen LogP contribution is 2.29. The summed E-state index contributed by atoms with van der Waals surface area (Å²) in [5, 5.41) is 3.15. The summed E-state index contributed by atoms with van der Waals surface area (Å²) in [4.78, 5) is 0. The third-order valence-corrected chi connectivity index (χ3v) is 2.49. The van der Waals surface area contributed by atoms with Crippen LogP contribution >= 0.6 is 0 Å². The van der Waals surface area contributed by atoms with Gasteiger partial charge >= 0.3 is 6.18 Å². The number of halogens is 3. The van der Waals surface area contributed by atoms with Crippen LogP contribution in [0.3, 0.4) is 0 Å².